The van der Waals surface area contributed by atoms with Crippen LogP contribution in [0.1, 0.15) is 5.69 Å². The number of pyridine rings is 1. The van der Waals surface area contributed by atoms with E-state index in [4.69, 9.17) is 4.74 Å². The number of benzene rings is 1. The summed E-state index contributed by atoms with van der Waals surface area (Å²) in [6, 6.07) is 10.9. The number of fused-ring (bicyclic) bond motifs is 2. The lowest BCUT2D eigenvalue weighted by Crippen LogP contribution is -2.17. The molecule has 0 amide bonds. The van der Waals surface area contributed by atoms with Crippen molar-refractivity contribution in [2.24, 2.45) is 0 Å². The number of aromatic nitrogens is 2. The molecule has 0 saturated carbocycles. The largest absolute Gasteiger partial charge is 0.497 e. The van der Waals surface area contributed by atoms with Crippen LogP contribution in [0, 0.1) is 6.92 Å². The average Bonchev–Trinajstić information content (AvgIpc) is 2.38. The molecule has 0 radical (unpaired) electrons. The quantitative estimate of drug-likeness (QED) is 0.612. The summed E-state index contributed by atoms with van der Waals surface area (Å²) in [5.41, 5.74) is 2.14. The first-order chi connectivity index (χ1) is 8.70. The van der Waals surface area contributed by atoms with E-state index in [2.05, 4.69) is 4.98 Å². The smallest absolute Gasteiger partial charge is 0.265 e. The van der Waals surface area contributed by atoms with Gasteiger partial charge in [0.15, 0.2) is 0 Å². The minimum absolute atomic E-state index is 0.0456. The molecule has 3 rings (SSSR count). The number of nitrogens with zero attached hydrogens (tertiary/aromatic N) is 2. The number of methoxy groups -OCH3 is 1. The Labute approximate surface area is 103 Å². The van der Waals surface area contributed by atoms with Crippen LogP contribution in [0.2, 0.25) is 0 Å². The van der Waals surface area contributed by atoms with Crippen LogP contribution in [-0.4, -0.2) is 16.5 Å². The summed E-state index contributed by atoms with van der Waals surface area (Å²) in [7, 11) is 1.60. The molecule has 4 nitrogen and oxygen atoms in total. The van der Waals surface area contributed by atoms with Gasteiger partial charge in [-0.05, 0) is 31.2 Å². The second kappa shape index (κ2) is 3.84. The zero-order valence-corrected chi connectivity index (χ0v) is 10.2. The predicted octanol–water partition coefficient (Wildman–Crippen LogP) is 2.16. The standard InChI is InChI=1S/C14H12N2O2/c1-9-4-3-5-13-15-12-8-10(18-2)6-7-11(12)14(17)16(9)13/h3-8H,1-2H3. The molecular formula is C14H12N2O2. The Morgan fingerprint density at radius 1 is 1.22 bits per heavy atom. The minimum Gasteiger partial charge on any atom is -0.497 e. The Morgan fingerprint density at radius 2 is 2.06 bits per heavy atom. The van der Waals surface area contributed by atoms with E-state index in [0.29, 0.717) is 22.3 Å². The lowest BCUT2D eigenvalue weighted by atomic mass is 10.2. The molecule has 0 bridgehead atoms. The highest BCUT2D eigenvalue weighted by Gasteiger charge is 2.07. The normalized spacial score (nSPS) is 11.0. The van der Waals surface area contributed by atoms with Gasteiger partial charge in [0.05, 0.1) is 18.0 Å². The van der Waals surface area contributed by atoms with Crippen LogP contribution in [0.3, 0.4) is 0 Å². The van der Waals surface area contributed by atoms with Crippen LogP contribution in [0.4, 0.5) is 0 Å². The lowest BCUT2D eigenvalue weighted by Gasteiger charge is -2.07. The van der Waals surface area contributed by atoms with Gasteiger partial charge in [-0.2, -0.15) is 0 Å². The second-order valence-electron chi connectivity index (χ2n) is 4.16. The average molecular weight is 240 g/mol. The van der Waals surface area contributed by atoms with Crippen molar-refractivity contribution in [3.63, 3.8) is 0 Å². The van der Waals surface area contributed by atoms with Gasteiger partial charge in [0.2, 0.25) is 0 Å². The third-order valence-corrected chi connectivity index (χ3v) is 3.04. The molecule has 3 aromatic rings. The van der Waals surface area contributed by atoms with Crippen molar-refractivity contribution < 1.29 is 4.74 Å². The van der Waals surface area contributed by atoms with Crippen molar-refractivity contribution in [3.05, 3.63) is 52.4 Å². The fraction of sp³-hybridized carbons (Fsp3) is 0.143. The molecule has 0 aliphatic rings. The molecule has 4 heteroatoms. The maximum atomic E-state index is 12.4. The predicted molar refractivity (Wildman–Crippen MR) is 70.3 cm³/mol. The molecular weight excluding hydrogens is 228 g/mol. The van der Waals surface area contributed by atoms with Crippen molar-refractivity contribution in [2.45, 2.75) is 6.92 Å². The van der Waals surface area contributed by atoms with Gasteiger partial charge in [0, 0.05) is 11.8 Å². The Bertz CT molecular complexity index is 806. The lowest BCUT2D eigenvalue weighted by molar-refractivity contribution is 0.415. The molecule has 1 aromatic carbocycles. The van der Waals surface area contributed by atoms with E-state index in [9.17, 15) is 4.79 Å². The van der Waals surface area contributed by atoms with Gasteiger partial charge in [-0.1, -0.05) is 6.07 Å². The van der Waals surface area contributed by atoms with Crippen LogP contribution in [0.15, 0.2) is 41.2 Å². The van der Waals surface area contributed by atoms with E-state index in [-0.39, 0.29) is 5.56 Å². The van der Waals surface area contributed by atoms with Gasteiger partial charge in [-0.25, -0.2) is 4.98 Å². The highest BCUT2D eigenvalue weighted by molar-refractivity contribution is 5.81. The summed E-state index contributed by atoms with van der Waals surface area (Å²) in [4.78, 5) is 16.9. The van der Waals surface area contributed by atoms with E-state index in [0.717, 1.165) is 5.69 Å². The highest BCUT2D eigenvalue weighted by Crippen LogP contribution is 2.17. The van der Waals surface area contributed by atoms with E-state index < -0.39 is 0 Å². The molecule has 0 spiro atoms. The van der Waals surface area contributed by atoms with Crippen LogP contribution >= 0.6 is 0 Å². The zero-order chi connectivity index (χ0) is 12.7. The molecule has 0 aliphatic heterocycles. The van der Waals surface area contributed by atoms with E-state index in [1.54, 1.807) is 29.7 Å². The summed E-state index contributed by atoms with van der Waals surface area (Å²) >= 11 is 0. The molecule has 0 atom stereocenters. The number of aryl methyl sites for hydroxylation is 1. The second-order valence-corrected chi connectivity index (χ2v) is 4.16. The first kappa shape index (κ1) is 10.8. The van der Waals surface area contributed by atoms with Gasteiger partial charge in [-0.3, -0.25) is 9.20 Å². The van der Waals surface area contributed by atoms with Crippen molar-refractivity contribution in [1.82, 2.24) is 9.38 Å². The van der Waals surface area contributed by atoms with Crippen molar-refractivity contribution >= 4 is 16.6 Å². The number of ether oxygens (including phenoxy) is 1. The number of rotatable bonds is 1. The minimum atomic E-state index is -0.0456. The Morgan fingerprint density at radius 3 is 2.83 bits per heavy atom. The molecule has 0 unspecified atom stereocenters. The van der Waals surface area contributed by atoms with Gasteiger partial charge in [-0.15, -0.1) is 0 Å². The molecule has 2 aromatic heterocycles. The number of hydrogen-bond acceptors (Lipinski definition) is 3. The highest BCUT2D eigenvalue weighted by atomic mass is 16.5. The molecule has 0 N–H and O–H groups in total. The third-order valence-electron chi connectivity index (χ3n) is 3.04. The van der Waals surface area contributed by atoms with Gasteiger partial charge in [0.25, 0.3) is 5.56 Å². The fourth-order valence-corrected chi connectivity index (χ4v) is 2.11. The topological polar surface area (TPSA) is 43.6 Å². The van der Waals surface area contributed by atoms with Crippen LogP contribution in [0.5, 0.6) is 5.75 Å². The van der Waals surface area contributed by atoms with E-state index >= 15 is 0 Å². The van der Waals surface area contributed by atoms with Crippen molar-refractivity contribution in [1.29, 1.82) is 0 Å². The Kier molecular flexibility index (Phi) is 2.30. The summed E-state index contributed by atoms with van der Waals surface area (Å²) in [5, 5.41) is 0.600. The fourth-order valence-electron chi connectivity index (χ4n) is 2.11. The summed E-state index contributed by atoms with van der Waals surface area (Å²) in [5.74, 6) is 0.700. The first-order valence-corrected chi connectivity index (χ1v) is 5.67. The SMILES string of the molecule is COc1ccc2c(=O)n3c(C)cccc3nc2c1. The molecule has 18 heavy (non-hydrogen) atoms. The molecule has 90 valence electrons. The first-order valence-electron chi connectivity index (χ1n) is 5.67. The summed E-state index contributed by atoms with van der Waals surface area (Å²) < 4.78 is 6.77. The summed E-state index contributed by atoms with van der Waals surface area (Å²) in [6.07, 6.45) is 0. The van der Waals surface area contributed by atoms with Crippen LogP contribution in [-0.2, 0) is 0 Å². The molecule has 0 aliphatic carbocycles. The zero-order valence-electron chi connectivity index (χ0n) is 10.2. The Hall–Kier alpha value is -2.36. The number of hydrogen-bond donors (Lipinski definition) is 0. The van der Waals surface area contributed by atoms with E-state index in [1.165, 1.54) is 0 Å². The van der Waals surface area contributed by atoms with Crippen LogP contribution < -0.4 is 10.3 Å². The van der Waals surface area contributed by atoms with Crippen molar-refractivity contribution in [2.75, 3.05) is 7.11 Å². The van der Waals surface area contributed by atoms with Crippen molar-refractivity contribution in [3.8, 4) is 5.75 Å². The van der Waals surface area contributed by atoms with Gasteiger partial charge < -0.3 is 4.74 Å². The van der Waals surface area contributed by atoms with Crippen LogP contribution in [0.25, 0.3) is 16.6 Å². The van der Waals surface area contributed by atoms with Gasteiger partial charge in [0.1, 0.15) is 11.4 Å². The molecule has 2 heterocycles. The van der Waals surface area contributed by atoms with Gasteiger partial charge >= 0.3 is 0 Å². The van der Waals surface area contributed by atoms with E-state index in [1.807, 2.05) is 25.1 Å². The summed E-state index contributed by atoms with van der Waals surface area (Å²) in [6.45, 7) is 1.89. The Balaban J connectivity index is 2.52. The third kappa shape index (κ3) is 1.46. The maximum absolute atomic E-state index is 12.4. The molecule has 0 saturated heterocycles. The monoisotopic (exact) mass is 240 g/mol. The maximum Gasteiger partial charge on any atom is 0.265 e. The molecule has 0 fully saturated rings.